The van der Waals surface area contributed by atoms with Crippen molar-refractivity contribution in [3.05, 3.63) is 47.0 Å². The molecule has 4 N–H and O–H groups in total. The van der Waals surface area contributed by atoms with E-state index in [9.17, 15) is 25.2 Å². The molecule has 2 heterocycles. The molecule has 2 aromatic carbocycles. The minimum Gasteiger partial charge on any atom is -0.508 e. The van der Waals surface area contributed by atoms with Crippen molar-refractivity contribution in [2.75, 3.05) is 20.3 Å². The van der Waals surface area contributed by atoms with Crippen LogP contribution in [0.2, 0.25) is 0 Å². The van der Waals surface area contributed by atoms with Gasteiger partial charge in [0.25, 0.3) is 0 Å². The zero-order valence-corrected chi connectivity index (χ0v) is 15.8. The lowest BCUT2D eigenvalue weighted by Crippen LogP contribution is -2.45. The Morgan fingerprint density at radius 2 is 1.97 bits per heavy atom. The predicted molar refractivity (Wildman–Crippen MR) is 102 cm³/mol. The van der Waals surface area contributed by atoms with Gasteiger partial charge in [0.05, 0.1) is 19.3 Å². The third-order valence-electron chi connectivity index (χ3n) is 5.17. The van der Waals surface area contributed by atoms with E-state index in [1.807, 2.05) is 0 Å². The van der Waals surface area contributed by atoms with Crippen LogP contribution in [0.15, 0.2) is 30.3 Å². The fourth-order valence-corrected chi connectivity index (χ4v) is 3.59. The van der Waals surface area contributed by atoms with Gasteiger partial charge in [0, 0.05) is 17.7 Å². The third kappa shape index (κ3) is 2.80. The van der Waals surface area contributed by atoms with Gasteiger partial charge in [0.2, 0.25) is 5.78 Å². The predicted octanol–water partition coefficient (Wildman–Crippen LogP) is 1.73. The van der Waals surface area contributed by atoms with Crippen LogP contribution in [0, 0.1) is 0 Å². The molecule has 0 amide bonds. The summed E-state index contributed by atoms with van der Waals surface area (Å²) in [4.78, 5) is 13.1. The molecule has 0 saturated heterocycles. The summed E-state index contributed by atoms with van der Waals surface area (Å²) in [5.74, 6) is -0.931. The van der Waals surface area contributed by atoms with E-state index in [4.69, 9.17) is 14.2 Å². The van der Waals surface area contributed by atoms with Crippen molar-refractivity contribution in [1.29, 1.82) is 0 Å². The van der Waals surface area contributed by atoms with Crippen LogP contribution < -0.4 is 14.2 Å². The molecule has 0 spiro atoms. The van der Waals surface area contributed by atoms with E-state index in [0.717, 1.165) is 6.07 Å². The minimum atomic E-state index is -2.13. The number of rotatable bonds is 3. The second-order valence-electron chi connectivity index (χ2n) is 7.28. The molecular formula is C21H20O8. The number of hydrogen-bond acceptors (Lipinski definition) is 8. The summed E-state index contributed by atoms with van der Waals surface area (Å²) in [6.07, 6.45) is 3.35. The van der Waals surface area contributed by atoms with E-state index in [1.165, 1.54) is 19.2 Å². The summed E-state index contributed by atoms with van der Waals surface area (Å²) < 4.78 is 16.8. The number of hydrogen-bond donors (Lipinski definition) is 4. The van der Waals surface area contributed by atoms with E-state index in [-0.39, 0.29) is 35.0 Å². The molecule has 8 heteroatoms. The molecule has 0 aliphatic carbocycles. The highest BCUT2D eigenvalue weighted by atomic mass is 16.5. The molecule has 2 aliphatic rings. The normalized spacial score (nSPS) is 24.9. The van der Waals surface area contributed by atoms with Gasteiger partial charge in [0.15, 0.2) is 5.60 Å². The van der Waals surface area contributed by atoms with Crippen LogP contribution in [0.5, 0.6) is 28.7 Å². The molecule has 2 aliphatic heterocycles. The summed E-state index contributed by atoms with van der Waals surface area (Å²) >= 11 is 0. The van der Waals surface area contributed by atoms with Crippen molar-refractivity contribution < 1.29 is 39.4 Å². The second kappa shape index (κ2) is 6.40. The molecule has 0 saturated carbocycles. The van der Waals surface area contributed by atoms with Crippen molar-refractivity contribution in [3.8, 4) is 28.7 Å². The number of aromatic hydroxyl groups is 2. The first-order valence-corrected chi connectivity index (χ1v) is 8.89. The number of methoxy groups -OCH3 is 1. The standard InChI is InChI=1S/C21H20O8/c1-20(9-22)6-5-12-15(29-20)4-3-13(18(12)27-2)21(26)10-28-16-8-11(23)7-14(24)17(16)19(21)25/h3-8,22-24,26H,9-10H2,1-2H3/t20-,21-/m1/s1. The highest BCUT2D eigenvalue weighted by Crippen LogP contribution is 2.47. The summed E-state index contributed by atoms with van der Waals surface area (Å²) in [6.45, 7) is 1.05. The number of aliphatic hydroxyl groups excluding tert-OH is 1. The molecule has 152 valence electrons. The quantitative estimate of drug-likeness (QED) is 0.614. The molecule has 0 unspecified atom stereocenters. The maximum atomic E-state index is 13.1. The van der Waals surface area contributed by atoms with Crippen LogP contribution in [0.1, 0.15) is 28.4 Å². The molecule has 4 rings (SSSR count). The topological polar surface area (TPSA) is 126 Å². The lowest BCUT2D eigenvalue weighted by Gasteiger charge is -2.35. The summed E-state index contributed by atoms with van der Waals surface area (Å²) in [5.41, 5.74) is -2.61. The van der Waals surface area contributed by atoms with Gasteiger partial charge in [0.1, 0.15) is 46.5 Å². The first kappa shape index (κ1) is 19.1. The average Bonchev–Trinajstić information content (AvgIpc) is 2.69. The van der Waals surface area contributed by atoms with Gasteiger partial charge in [-0.15, -0.1) is 0 Å². The van der Waals surface area contributed by atoms with Crippen LogP contribution >= 0.6 is 0 Å². The van der Waals surface area contributed by atoms with E-state index in [2.05, 4.69) is 0 Å². The Morgan fingerprint density at radius 3 is 2.66 bits per heavy atom. The van der Waals surface area contributed by atoms with Gasteiger partial charge >= 0.3 is 0 Å². The van der Waals surface area contributed by atoms with Crippen LogP contribution in [-0.4, -0.2) is 52.1 Å². The molecule has 2 atom stereocenters. The Balaban J connectivity index is 1.84. The van der Waals surface area contributed by atoms with Gasteiger partial charge in [-0.3, -0.25) is 4.79 Å². The Kier molecular flexibility index (Phi) is 4.21. The monoisotopic (exact) mass is 400 g/mol. The van der Waals surface area contributed by atoms with Crippen molar-refractivity contribution in [1.82, 2.24) is 0 Å². The van der Waals surface area contributed by atoms with Gasteiger partial charge < -0.3 is 34.6 Å². The Morgan fingerprint density at radius 1 is 1.21 bits per heavy atom. The number of phenols is 2. The maximum absolute atomic E-state index is 13.1. The molecule has 0 aromatic heterocycles. The number of carbonyl (C=O) groups is 1. The molecule has 8 nitrogen and oxygen atoms in total. The van der Waals surface area contributed by atoms with Gasteiger partial charge in [-0.1, -0.05) is 0 Å². The summed E-state index contributed by atoms with van der Waals surface area (Å²) in [5, 5.41) is 40.5. The largest absolute Gasteiger partial charge is 0.508 e. The summed E-state index contributed by atoms with van der Waals surface area (Å²) in [7, 11) is 1.40. The van der Waals surface area contributed by atoms with E-state index >= 15 is 0 Å². The Bertz CT molecular complexity index is 1040. The summed E-state index contributed by atoms with van der Waals surface area (Å²) in [6, 6.07) is 5.26. The van der Waals surface area contributed by atoms with Crippen LogP contribution in [0.25, 0.3) is 6.08 Å². The van der Waals surface area contributed by atoms with E-state index < -0.39 is 29.3 Å². The fraction of sp³-hybridized carbons (Fsp3) is 0.286. The van der Waals surface area contributed by atoms with Gasteiger partial charge in [-0.05, 0) is 31.2 Å². The molecule has 0 fully saturated rings. The number of ether oxygens (including phenoxy) is 3. The van der Waals surface area contributed by atoms with Crippen molar-refractivity contribution in [2.24, 2.45) is 0 Å². The molecule has 0 bridgehead atoms. The fourth-order valence-electron chi connectivity index (χ4n) is 3.59. The van der Waals surface area contributed by atoms with Crippen molar-refractivity contribution in [3.63, 3.8) is 0 Å². The Labute approximate surface area is 166 Å². The Hall–Kier alpha value is -3.23. The zero-order valence-electron chi connectivity index (χ0n) is 15.8. The third-order valence-corrected chi connectivity index (χ3v) is 5.17. The minimum absolute atomic E-state index is 0.0176. The molecule has 2 aromatic rings. The van der Waals surface area contributed by atoms with E-state index in [1.54, 1.807) is 25.1 Å². The van der Waals surface area contributed by atoms with Crippen LogP contribution in [-0.2, 0) is 5.60 Å². The number of aliphatic hydroxyl groups is 2. The lowest BCUT2D eigenvalue weighted by molar-refractivity contribution is -0.00687. The van der Waals surface area contributed by atoms with Crippen LogP contribution in [0.3, 0.4) is 0 Å². The zero-order chi connectivity index (χ0) is 21.0. The second-order valence-corrected chi connectivity index (χ2v) is 7.28. The molecular weight excluding hydrogens is 380 g/mol. The first-order valence-electron chi connectivity index (χ1n) is 8.89. The smallest absolute Gasteiger partial charge is 0.210 e. The van der Waals surface area contributed by atoms with Gasteiger partial charge in [-0.2, -0.15) is 0 Å². The number of carbonyl (C=O) groups excluding carboxylic acids is 1. The van der Waals surface area contributed by atoms with Crippen LogP contribution in [0.4, 0.5) is 0 Å². The lowest BCUT2D eigenvalue weighted by atomic mass is 9.82. The number of benzene rings is 2. The highest BCUT2D eigenvalue weighted by Gasteiger charge is 2.48. The SMILES string of the molecule is COc1c([C@]2(O)COc3cc(O)cc(O)c3C2=O)ccc2c1C=C[C@](C)(CO)O2. The molecule has 29 heavy (non-hydrogen) atoms. The van der Waals surface area contributed by atoms with Gasteiger partial charge in [-0.25, -0.2) is 0 Å². The van der Waals surface area contributed by atoms with E-state index in [0.29, 0.717) is 11.3 Å². The first-order chi connectivity index (χ1) is 13.7. The highest BCUT2D eigenvalue weighted by molar-refractivity contribution is 6.08. The number of ketones is 1. The number of fused-ring (bicyclic) bond motifs is 2. The number of Topliss-reactive ketones (excluding diaryl/α,β-unsaturated/α-hetero) is 1. The number of phenolic OH excluding ortho intramolecular Hbond substituents is 2. The average molecular weight is 400 g/mol. The maximum Gasteiger partial charge on any atom is 0.210 e. The van der Waals surface area contributed by atoms with Crippen molar-refractivity contribution >= 4 is 11.9 Å². The van der Waals surface area contributed by atoms with Crippen molar-refractivity contribution in [2.45, 2.75) is 18.1 Å². The molecule has 0 radical (unpaired) electrons.